The Hall–Kier alpha value is -1.89. The Kier molecular flexibility index (Phi) is 4.50. The molecule has 2 aromatic carbocycles. The smallest absolute Gasteiger partial charge is 0.243 e. The monoisotopic (exact) mass is 390 g/mol. The maximum absolute atomic E-state index is 13.0. The van der Waals surface area contributed by atoms with Crippen LogP contribution in [0.25, 0.3) is 11.1 Å². The molecule has 0 spiro atoms. The molecule has 1 saturated heterocycles. The van der Waals surface area contributed by atoms with E-state index in [0.717, 1.165) is 11.1 Å². The maximum Gasteiger partial charge on any atom is 0.243 e. The first-order valence-electron chi connectivity index (χ1n) is 8.57. The van der Waals surface area contributed by atoms with Gasteiger partial charge in [-0.25, -0.2) is 13.4 Å². The predicted molar refractivity (Wildman–Crippen MR) is 101 cm³/mol. The van der Waals surface area contributed by atoms with Crippen LogP contribution in [0.5, 0.6) is 0 Å². The average Bonchev–Trinajstić information content (AvgIpc) is 3.08. The van der Waals surface area contributed by atoms with E-state index in [1.807, 2.05) is 24.3 Å². The average molecular weight is 391 g/mol. The van der Waals surface area contributed by atoms with E-state index in [1.54, 1.807) is 25.1 Å². The fourth-order valence-corrected chi connectivity index (χ4v) is 5.36. The van der Waals surface area contributed by atoms with Crippen LogP contribution in [-0.2, 0) is 10.0 Å². The number of hydrogen-bond acceptors (Lipinski definition) is 4. The number of oxazole rings is 1. The Morgan fingerprint density at radius 1 is 1.12 bits per heavy atom. The van der Waals surface area contributed by atoms with Crippen LogP contribution in [0.1, 0.15) is 30.2 Å². The highest BCUT2D eigenvalue weighted by atomic mass is 35.5. The van der Waals surface area contributed by atoms with Crippen LogP contribution < -0.4 is 0 Å². The Balaban J connectivity index is 1.53. The van der Waals surface area contributed by atoms with Crippen LogP contribution in [0.3, 0.4) is 0 Å². The molecule has 3 aromatic rings. The number of benzene rings is 2. The lowest BCUT2D eigenvalue weighted by atomic mass is 9.98. The first kappa shape index (κ1) is 17.5. The maximum atomic E-state index is 13.0. The molecular formula is C19H19ClN2O3S. The van der Waals surface area contributed by atoms with Crippen molar-refractivity contribution in [2.75, 3.05) is 13.1 Å². The second-order valence-corrected chi connectivity index (χ2v) is 8.87. The number of piperidine rings is 1. The molecule has 0 radical (unpaired) electrons. The van der Waals surface area contributed by atoms with Gasteiger partial charge in [-0.3, -0.25) is 0 Å². The summed E-state index contributed by atoms with van der Waals surface area (Å²) in [7, 11) is -3.55. The molecule has 5 nitrogen and oxygen atoms in total. The van der Waals surface area contributed by atoms with Gasteiger partial charge in [-0.05, 0) is 49.6 Å². The van der Waals surface area contributed by atoms with Gasteiger partial charge < -0.3 is 4.42 Å². The lowest BCUT2D eigenvalue weighted by Gasteiger charge is -2.30. The van der Waals surface area contributed by atoms with E-state index in [-0.39, 0.29) is 10.8 Å². The topological polar surface area (TPSA) is 63.4 Å². The zero-order chi connectivity index (χ0) is 18.3. The van der Waals surface area contributed by atoms with Crippen molar-refractivity contribution in [3.05, 3.63) is 58.9 Å². The van der Waals surface area contributed by atoms with Crippen LogP contribution in [-0.4, -0.2) is 30.8 Å². The quantitative estimate of drug-likeness (QED) is 0.666. The SMILES string of the molecule is Cc1c(Cl)cccc1S(=O)(=O)N1CCC(c2nc3ccccc3o2)CC1. The molecule has 1 aliphatic rings. The summed E-state index contributed by atoms with van der Waals surface area (Å²) >= 11 is 6.10. The van der Waals surface area contributed by atoms with Gasteiger partial charge in [-0.1, -0.05) is 29.8 Å². The molecule has 0 amide bonds. The zero-order valence-electron chi connectivity index (χ0n) is 14.4. The molecule has 7 heteroatoms. The third-order valence-electron chi connectivity index (χ3n) is 4.95. The summed E-state index contributed by atoms with van der Waals surface area (Å²) in [4.78, 5) is 4.84. The number of sulfonamides is 1. The van der Waals surface area contributed by atoms with Crippen LogP contribution in [0.4, 0.5) is 0 Å². The Morgan fingerprint density at radius 2 is 1.85 bits per heavy atom. The van der Waals surface area contributed by atoms with E-state index < -0.39 is 10.0 Å². The van der Waals surface area contributed by atoms with Crippen molar-refractivity contribution in [2.45, 2.75) is 30.6 Å². The van der Waals surface area contributed by atoms with Crippen LogP contribution in [0, 0.1) is 6.92 Å². The van der Waals surface area contributed by atoms with E-state index in [4.69, 9.17) is 16.0 Å². The zero-order valence-corrected chi connectivity index (χ0v) is 15.9. The summed E-state index contributed by atoms with van der Waals surface area (Å²) in [6.45, 7) is 2.62. The second-order valence-electron chi connectivity index (χ2n) is 6.56. The summed E-state index contributed by atoms with van der Waals surface area (Å²) in [5, 5.41) is 0.465. The minimum atomic E-state index is -3.55. The van der Waals surface area contributed by atoms with E-state index in [0.29, 0.717) is 42.4 Å². The number of hydrogen-bond donors (Lipinski definition) is 0. The van der Waals surface area contributed by atoms with E-state index in [9.17, 15) is 8.42 Å². The Morgan fingerprint density at radius 3 is 2.58 bits per heavy atom. The minimum absolute atomic E-state index is 0.134. The number of nitrogens with zero attached hydrogens (tertiary/aromatic N) is 2. The van der Waals surface area contributed by atoms with Gasteiger partial charge in [-0.2, -0.15) is 4.31 Å². The van der Waals surface area contributed by atoms with Crippen molar-refractivity contribution in [3.8, 4) is 0 Å². The van der Waals surface area contributed by atoms with Gasteiger partial charge in [0.15, 0.2) is 11.5 Å². The normalized spacial score (nSPS) is 17.0. The van der Waals surface area contributed by atoms with E-state index in [2.05, 4.69) is 4.98 Å². The summed E-state index contributed by atoms with van der Waals surface area (Å²) < 4.78 is 33.3. The van der Waals surface area contributed by atoms with Crippen molar-refractivity contribution >= 4 is 32.7 Å². The Labute approximate surface area is 157 Å². The molecule has 0 bridgehead atoms. The Bertz CT molecular complexity index is 1020. The van der Waals surface area contributed by atoms with Gasteiger partial charge in [0.1, 0.15) is 5.52 Å². The number of para-hydroxylation sites is 2. The molecule has 0 N–H and O–H groups in total. The fraction of sp³-hybridized carbons (Fsp3) is 0.316. The second kappa shape index (κ2) is 6.68. The molecule has 2 heterocycles. The number of rotatable bonds is 3. The minimum Gasteiger partial charge on any atom is -0.440 e. The van der Waals surface area contributed by atoms with Crippen molar-refractivity contribution in [1.29, 1.82) is 0 Å². The van der Waals surface area contributed by atoms with E-state index in [1.165, 1.54) is 4.31 Å². The highest BCUT2D eigenvalue weighted by Crippen LogP contribution is 2.33. The number of aromatic nitrogens is 1. The molecule has 4 rings (SSSR count). The molecule has 1 aromatic heterocycles. The highest BCUT2D eigenvalue weighted by molar-refractivity contribution is 7.89. The molecule has 26 heavy (non-hydrogen) atoms. The van der Waals surface area contributed by atoms with Crippen LogP contribution in [0.2, 0.25) is 5.02 Å². The molecule has 0 unspecified atom stereocenters. The van der Waals surface area contributed by atoms with Gasteiger partial charge in [0.05, 0.1) is 4.90 Å². The molecular weight excluding hydrogens is 372 g/mol. The summed E-state index contributed by atoms with van der Waals surface area (Å²) in [6.07, 6.45) is 1.37. The molecule has 136 valence electrons. The third-order valence-corrected chi connectivity index (χ3v) is 7.40. The van der Waals surface area contributed by atoms with Gasteiger partial charge in [0, 0.05) is 24.0 Å². The standard InChI is InChI=1S/C19H19ClN2O3S/c1-13-15(20)5-4-8-18(13)26(23,24)22-11-9-14(10-12-22)19-21-16-6-2-3-7-17(16)25-19/h2-8,14H,9-12H2,1H3. The molecule has 0 atom stereocenters. The predicted octanol–water partition coefficient (Wildman–Crippen LogP) is 4.36. The van der Waals surface area contributed by atoms with Gasteiger partial charge in [0.2, 0.25) is 10.0 Å². The fourth-order valence-electron chi connectivity index (χ4n) is 3.41. The molecule has 0 aliphatic carbocycles. The first-order valence-corrected chi connectivity index (χ1v) is 10.4. The molecule has 1 aliphatic heterocycles. The van der Waals surface area contributed by atoms with Crippen LogP contribution >= 0.6 is 11.6 Å². The molecule has 1 fully saturated rings. The highest BCUT2D eigenvalue weighted by Gasteiger charge is 2.32. The van der Waals surface area contributed by atoms with E-state index >= 15 is 0 Å². The van der Waals surface area contributed by atoms with Crippen molar-refractivity contribution in [3.63, 3.8) is 0 Å². The van der Waals surface area contributed by atoms with Crippen molar-refractivity contribution in [1.82, 2.24) is 9.29 Å². The number of halogens is 1. The van der Waals surface area contributed by atoms with Gasteiger partial charge in [0.25, 0.3) is 0 Å². The lowest BCUT2D eigenvalue weighted by molar-refractivity contribution is 0.293. The molecule has 0 saturated carbocycles. The summed E-state index contributed by atoms with van der Waals surface area (Å²) in [5.41, 5.74) is 2.20. The lowest BCUT2D eigenvalue weighted by Crippen LogP contribution is -2.38. The summed E-state index contributed by atoms with van der Waals surface area (Å²) in [6, 6.07) is 12.7. The van der Waals surface area contributed by atoms with Crippen molar-refractivity contribution in [2.24, 2.45) is 0 Å². The number of fused-ring (bicyclic) bond motifs is 1. The third kappa shape index (κ3) is 3.02. The first-order chi connectivity index (χ1) is 12.5. The van der Waals surface area contributed by atoms with Crippen LogP contribution in [0.15, 0.2) is 51.8 Å². The van der Waals surface area contributed by atoms with Gasteiger partial charge in [-0.15, -0.1) is 0 Å². The summed E-state index contributed by atoms with van der Waals surface area (Å²) in [5.74, 6) is 0.830. The van der Waals surface area contributed by atoms with Crippen molar-refractivity contribution < 1.29 is 12.8 Å². The van der Waals surface area contributed by atoms with Gasteiger partial charge >= 0.3 is 0 Å². The largest absolute Gasteiger partial charge is 0.440 e.